The summed E-state index contributed by atoms with van der Waals surface area (Å²) < 4.78 is 1.65. The van der Waals surface area contributed by atoms with E-state index in [1.807, 2.05) is 37.3 Å². The number of fused-ring (bicyclic) bond motifs is 1. The number of nitrogens with zero attached hydrogens (tertiary/aromatic N) is 4. The van der Waals surface area contributed by atoms with Crippen molar-refractivity contribution < 1.29 is 15.0 Å². The molecule has 0 radical (unpaired) electrons. The number of nitrogens with one attached hydrogen (secondary N) is 2. The third kappa shape index (κ3) is 3.43. The maximum absolute atomic E-state index is 13.3. The molecule has 4 N–H and O–H groups in total. The Labute approximate surface area is 183 Å². The number of amides is 1. The van der Waals surface area contributed by atoms with Gasteiger partial charge in [0.2, 0.25) is 0 Å². The largest absolute Gasteiger partial charge is 0.508 e. The van der Waals surface area contributed by atoms with Crippen LogP contribution >= 0.6 is 0 Å². The minimum Gasteiger partial charge on any atom is -0.508 e. The fourth-order valence-electron chi connectivity index (χ4n) is 3.97. The molecule has 9 nitrogen and oxygen atoms in total. The summed E-state index contributed by atoms with van der Waals surface area (Å²) in [4.78, 5) is 14.9. The maximum atomic E-state index is 13.3. The van der Waals surface area contributed by atoms with Gasteiger partial charge in [-0.3, -0.25) is 14.6 Å². The minimum absolute atomic E-state index is 0.0826. The first-order chi connectivity index (χ1) is 15.4. The molecule has 162 valence electrons. The number of phenolic OH excluding ortho intramolecular Hbond substituents is 2. The second-order valence-electron chi connectivity index (χ2n) is 7.96. The van der Waals surface area contributed by atoms with E-state index < -0.39 is 0 Å². The second kappa shape index (κ2) is 7.45. The van der Waals surface area contributed by atoms with E-state index in [1.165, 1.54) is 6.07 Å². The molecule has 2 aromatic heterocycles. The minimum atomic E-state index is -0.351. The van der Waals surface area contributed by atoms with E-state index in [0.717, 1.165) is 34.1 Å². The first kappa shape index (κ1) is 19.7. The highest BCUT2D eigenvalue weighted by Crippen LogP contribution is 2.36. The van der Waals surface area contributed by atoms with Crippen LogP contribution in [-0.2, 0) is 20.1 Å². The first-order valence-electron chi connectivity index (χ1n) is 10.1. The van der Waals surface area contributed by atoms with Crippen molar-refractivity contribution >= 4 is 17.4 Å². The lowest BCUT2D eigenvalue weighted by molar-refractivity contribution is 0.0747. The Morgan fingerprint density at radius 3 is 2.78 bits per heavy atom. The average molecular weight is 430 g/mol. The lowest BCUT2D eigenvalue weighted by Crippen LogP contribution is -2.26. The van der Waals surface area contributed by atoms with E-state index in [2.05, 4.69) is 20.6 Å². The van der Waals surface area contributed by atoms with Crippen LogP contribution in [0.2, 0.25) is 0 Å². The lowest BCUT2D eigenvalue weighted by atomic mass is 10.1. The standard InChI is InChI=1S/C23H22N6O3/c1-13-4-3-5-14(6-13)17-9-21(28(2)27-17)25-18-7-16(30)8-20(31)22(18)23(32)29-11-15-10-24-26-19(15)12-29/h3-10,25,30-31H,11-12H2,1-2H3,(H,24,26). The van der Waals surface area contributed by atoms with Crippen LogP contribution in [0.25, 0.3) is 11.3 Å². The predicted octanol–water partition coefficient (Wildman–Crippen LogP) is 3.43. The number of rotatable bonds is 4. The smallest absolute Gasteiger partial charge is 0.260 e. The molecule has 9 heteroatoms. The van der Waals surface area contributed by atoms with Crippen LogP contribution in [-0.4, -0.2) is 41.0 Å². The Kier molecular flexibility index (Phi) is 4.58. The Balaban J connectivity index is 1.48. The van der Waals surface area contributed by atoms with Crippen molar-refractivity contribution in [2.75, 3.05) is 5.32 Å². The van der Waals surface area contributed by atoms with Crippen molar-refractivity contribution in [1.82, 2.24) is 24.9 Å². The summed E-state index contributed by atoms with van der Waals surface area (Å²) in [5.41, 5.74) is 5.05. The zero-order chi connectivity index (χ0) is 22.4. The van der Waals surface area contributed by atoms with Crippen LogP contribution in [0, 0.1) is 6.92 Å². The SMILES string of the molecule is Cc1cccc(-c2cc(Nc3cc(O)cc(O)c3C(=O)N3Cc4cn[nH]c4C3)n(C)n2)c1. The van der Waals surface area contributed by atoms with Crippen molar-refractivity contribution in [2.45, 2.75) is 20.0 Å². The number of aromatic hydroxyl groups is 2. The third-order valence-corrected chi connectivity index (χ3v) is 5.58. The highest BCUT2D eigenvalue weighted by molar-refractivity contribution is 6.03. The van der Waals surface area contributed by atoms with Gasteiger partial charge in [-0.05, 0) is 13.0 Å². The quantitative estimate of drug-likeness (QED) is 0.394. The highest BCUT2D eigenvalue weighted by Gasteiger charge is 2.29. The fourth-order valence-corrected chi connectivity index (χ4v) is 3.97. The summed E-state index contributed by atoms with van der Waals surface area (Å²) in [5.74, 6) is -0.196. The van der Waals surface area contributed by atoms with Crippen molar-refractivity contribution in [2.24, 2.45) is 7.05 Å². The van der Waals surface area contributed by atoms with Crippen molar-refractivity contribution in [3.63, 3.8) is 0 Å². The molecule has 1 aliphatic heterocycles. The molecule has 0 saturated carbocycles. The van der Waals surface area contributed by atoms with Gasteiger partial charge >= 0.3 is 0 Å². The summed E-state index contributed by atoms with van der Waals surface area (Å²) in [6.07, 6.45) is 1.70. The van der Waals surface area contributed by atoms with Gasteiger partial charge in [0.15, 0.2) is 0 Å². The molecule has 32 heavy (non-hydrogen) atoms. The molecule has 3 heterocycles. The van der Waals surface area contributed by atoms with Gasteiger partial charge in [0.1, 0.15) is 22.9 Å². The Hall–Kier alpha value is -4.27. The Morgan fingerprint density at radius 1 is 1.16 bits per heavy atom. The number of hydrogen-bond donors (Lipinski definition) is 4. The number of carbonyl (C=O) groups excluding carboxylic acids is 1. The van der Waals surface area contributed by atoms with Crippen LogP contribution in [0.4, 0.5) is 11.5 Å². The first-order valence-corrected chi connectivity index (χ1v) is 10.1. The van der Waals surface area contributed by atoms with Gasteiger partial charge in [-0.1, -0.05) is 23.8 Å². The maximum Gasteiger partial charge on any atom is 0.260 e. The normalized spacial score (nSPS) is 12.8. The molecule has 1 aliphatic rings. The molecule has 0 aliphatic carbocycles. The molecule has 0 saturated heterocycles. The number of aryl methyl sites for hydroxylation is 2. The predicted molar refractivity (Wildman–Crippen MR) is 119 cm³/mol. The number of aromatic nitrogens is 4. The Bertz CT molecular complexity index is 1320. The molecule has 1 amide bonds. The van der Waals surface area contributed by atoms with Gasteiger partial charge < -0.3 is 20.4 Å². The number of aromatic amines is 1. The number of hydrogen-bond acceptors (Lipinski definition) is 6. The molecule has 5 rings (SSSR count). The molecule has 2 aromatic carbocycles. The van der Waals surface area contributed by atoms with E-state index in [1.54, 1.807) is 22.8 Å². The number of anilines is 2. The van der Waals surface area contributed by atoms with Crippen LogP contribution in [0.5, 0.6) is 11.5 Å². The number of phenols is 2. The molecule has 0 unspecified atom stereocenters. The number of benzene rings is 2. The van der Waals surface area contributed by atoms with E-state index in [0.29, 0.717) is 24.6 Å². The van der Waals surface area contributed by atoms with Gasteiger partial charge in [0.25, 0.3) is 5.91 Å². The van der Waals surface area contributed by atoms with Gasteiger partial charge in [-0.2, -0.15) is 10.2 Å². The summed E-state index contributed by atoms with van der Waals surface area (Å²) >= 11 is 0. The van der Waals surface area contributed by atoms with E-state index in [4.69, 9.17) is 0 Å². The third-order valence-electron chi connectivity index (χ3n) is 5.58. The lowest BCUT2D eigenvalue weighted by Gasteiger charge is -2.19. The van der Waals surface area contributed by atoms with Crippen molar-refractivity contribution in [3.8, 4) is 22.8 Å². The number of carbonyl (C=O) groups is 1. The Morgan fingerprint density at radius 2 is 2.00 bits per heavy atom. The van der Waals surface area contributed by atoms with Gasteiger partial charge in [0, 0.05) is 42.9 Å². The van der Waals surface area contributed by atoms with Gasteiger partial charge in [0.05, 0.1) is 29.8 Å². The van der Waals surface area contributed by atoms with Gasteiger partial charge in [-0.15, -0.1) is 0 Å². The summed E-state index contributed by atoms with van der Waals surface area (Å²) in [7, 11) is 1.78. The molecule has 0 spiro atoms. The molecule has 0 fully saturated rings. The molecule has 0 bridgehead atoms. The van der Waals surface area contributed by atoms with Crippen LogP contribution in [0.1, 0.15) is 27.2 Å². The molecule has 0 atom stereocenters. The summed E-state index contributed by atoms with van der Waals surface area (Å²) in [5, 5.41) is 35.2. The van der Waals surface area contributed by atoms with E-state index >= 15 is 0 Å². The van der Waals surface area contributed by atoms with Crippen LogP contribution in [0.3, 0.4) is 0 Å². The summed E-state index contributed by atoms with van der Waals surface area (Å²) in [6, 6.07) is 12.4. The fraction of sp³-hybridized carbons (Fsp3) is 0.174. The molecular weight excluding hydrogens is 408 g/mol. The van der Waals surface area contributed by atoms with Crippen molar-refractivity contribution in [3.05, 3.63) is 71.0 Å². The highest BCUT2D eigenvalue weighted by atomic mass is 16.3. The van der Waals surface area contributed by atoms with Crippen molar-refractivity contribution in [1.29, 1.82) is 0 Å². The monoisotopic (exact) mass is 430 g/mol. The van der Waals surface area contributed by atoms with Crippen LogP contribution < -0.4 is 5.32 Å². The average Bonchev–Trinajstić information content (AvgIpc) is 3.43. The second-order valence-corrected chi connectivity index (χ2v) is 7.96. The molecule has 4 aromatic rings. The number of H-pyrrole nitrogens is 1. The van der Waals surface area contributed by atoms with Gasteiger partial charge in [-0.25, -0.2) is 0 Å². The zero-order valence-electron chi connectivity index (χ0n) is 17.6. The van der Waals surface area contributed by atoms with E-state index in [-0.39, 0.29) is 23.0 Å². The van der Waals surface area contributed by atoms with E-state index in [9.17, 15) is 15.0 Å². The van der Waals surface area contributed by atoms with Crippen LogP contribution in [0.15, 0.2) is 48.7 Å². The molecular formula is C23H22N6O3. The zero-order valence-corrected chi connectivity index (χ0v) is 17.6. The summed E-state index contributed by atoms with van der Waals surface area (Å²) in [6.45, 7) is 2.79. The topological polar surface area (TPSA) is 119 Å².